The highest BCUT2D eigenvalue weighted by Crippen LogP contribution is 2.27. The molecule has 1 unspecified atom stereocenters. The zero-order valence-electron chi connectivity index (χ0n) is 14.9. The van der Waals surface area contributed by atoms with E-state index in [2.05, 4.69) is 6.07 Å². The second-order valence-corrected chi connectivity index (χ2v) is 6.69. The number of rotatable bonds is 3. The van der Waals surface area contributed by atoms with E-state index in [0.29, 0.717) is 5.06 Å². The Hall–Kier alpha value is -3.47. The Morgan fingerprint density at radius 1 is 0.889 bits per heavy atom. The maximum absolute atomic E-state index is 12.6. The van der Waals surface area contributed by atoms with Gasteiger partial charge in [-0.3, -0.25) is 9.59 Å². The average Bonchev–Trinajstić information content (AvgIpc) is 2.92. The van der Waals surface area contributed by atoms with Gasteiger partial charge in [0.15, 0.2) is 0 Å². The minimum atomic E-state index is -0.657. The lowest BCUT2D eigenvalue weighted by Crippen LogP contribution is -2.34. The van der Waals surface area contributed by atoms with Crippen molar-refractivity contribution in [1.29, 1.82) is 0 Å². The third-order valence-corrected chi connectivity index (χ3v) is 4.81. The Bertz CT molecular complexity index is 1070. The average molecular weight is 359 g/mol. The highest BCUT2D eigenvalue weighted by Gasteiger charge is 2.39. The molecule has 1 heterocycles. The molecule has 0 N–H and O–H groups in total. The predicted octanol–water partition coefficient (Wildman–Crippen LogP) is 4.01. The first-order valence-electron chi connectivity index (χ1n) is 8.65. The molecule has 1 aliphatic rings. The summed E-state index contributed by atoms with van der Waals surface area (Å²) >= 11 is 0. The summed E-state index contributed by atoms with van der Waals surface area (Å²) in [4.78, 5) is 42.4. The molecule has 0 radical (unpaired) electrons. The molecule has 5 nitrogen and oxygen atoms in total. The summed E-state index contributed by atoms with van der Waals surface area (Å²) in [7, 11) is 0. The highest BCUT2D eigenvalue weighted by molar-refractivity contribution is 6.20. The van der Waals surface area contributed by atoms with E-state index in [1.807, 2.05) is 37.3 Å². The minimum absolute atomic E-state index is 0.240. The normalized spacial score (nSPS) is 14.4. The molecule has 2 amide bonds. The van der Waals surface area contributed by atoms with Gasteiger partial charge in [0.1, 0.15) is 0 Å². The molecule has 134 valence electrons. The van der Waals surface area contributed by atoms with Crippen LogP contribution in [0.4, 0.5) is 0 Å². The van der Waals surface area contributed by atoms with Gasteiger partial charge in [-0.05, 0) is 42.3 Å². The number of hydrogen-bond donors (Lipinski definition) is 0. The Morgan fingerprint density at radius 2 is 1.48 bits per heavy atom. The van der Waals surface area contributed by atoms with Crippen molar-refractivity contribution in [2.75, 3.05) is 0 Å². The van der Waals surface area contributed by atoms with Crippen molar-refractivity contribution in [3.05, 3.63) is 82.9 Å². The van der Waals surface area contributed by atoms with E-state index in [0.717, 1.165) is 21.9 Å². The molecule has 0 saturated carbocycles. The Balaban J connectivity index is 1.56. The fourth-order valence-electron chi connectivity index (χ4n) is 3.21. The van der Waals surface area contributed by atoms with Gasteiger partial charge in [-0.2, -0.15) is 0 Å². The van der Waals surface area contributed by atoms with Gasteiger partial charge in [0.05, 0.1) is 17.0 Å². The summed E-state index contributed by atoms with van der Waals surface area (Å²) in [6, 6.07) is 18.2. The van der Waals surface area contributed by atoms with E-state index in [4.69, 9.17) is 4.84 Å². The monoisotopic (exact) mass is 359 g/mol. The molecule has 0 spiro atoms. The molecule has 1 aliphatic heterocycles. The van der Waals surface area contributed by atoms with Crippen LogP contribution >= 0.6 is 0 Å². The van der Waals surface area contributed by atoms with Gasteiger partial charge < -0.3 is 4.84 Å². The second-order valence-electron chi connectivity index (χ2n) is 6.69. The molecule has 0 bridgehead atoms. The van der Waals surface area contributed by atoms with Crippen LogP contribution in [-0.2, 0) is 9.63 Å². The summed E-state index contributed by atoms with van der Waals surface area (Å²) < 4.78 is 0. The number of aryl methyl sites for hydroxylation is 1. The van der Waals surface area contributed by atoms with Gasteiger partial charge in [-0.1, -0.05) is 59.2 Å². The van der Waals surface area contributed by atoms with E-state index in [9.17, 15) is 14.4 Å². The summed E-state index contributed by atoms with van der Waals surface area (Å²) in [5.74, 6) is -2.52. The smallest absolute Gasteiger partial charge is 0.329 e. The van der Waals surface area contributed by atoms with Crippen LogP contribution in [0, 0.1) is 6.92 Å². The maximum Gasteiger partial charge on any atom is 0.340 e. The largest absolute Gasteiger partial charge is 0.340 e. The maximum atomic E-state index is 12.6. The number of carbonyl (C=O) groups excluding carboxylic acids is 3. The predicted molar refractivity (Wildman–Crippen MR) is 100 cm³/mol. The standard InChI is InChI=1S/C22H17NO4/c1-13-7-8-17-12-15(9-10-16(17)11-13)14(2)22(26)27-23-20(24)18-5-3-4-6-19(18)21(23)25/h3-12,14H,1-2H3. The van der Waals surface area contributed by atoms with Crippen LogP contribution in [0.1, 0.15) is 44.7 Å². The van der Waals surface area contributed by atoms with E-state index in [1.54, 1.807) is 19.1 Å². The summed E-state index contributed by atoms with van der Waals surface area (Å²) in [5, 5.41) is 2.65. The number of hydrogen-bond acceptors (Lipinski definition) is 4. The first-order valence-corrected chi connectivity index (χ1v) is 8.65. The number of nitrogens with zero attached hydrogens (tertiary/aromatic N) is 1. The molecule has 0 saturated heterocycles. The van der Waals surface area contributed by atoms with E-state index in [-0.39, 0.29) is 11.1 Å². The van der Waals surface area contributed by atoms with Crippen LogP contribution in [0.2, 0.25) is 0 Å². The highest BCUT2D eigenvalue weighted by atomic mass is 16.7. The van der Waals surface area contributed by atoms with E-state index in [1.165, 1.54) is 12.1 Å². The lowest BCUT2D eigenvalue weighted by molar-refractivity contribution is -0.170. The van der Waals surface area contributed by atoms with Crippen molar-refractivity contribution >= 4 is 28.6 Å². The molecule has 4 rings (SSSR count). The molecule has 0 aliphatic carbocycles. The van der Waals surface area contributed by atoms with E-state index >= 15 is 0 Å². The number of fused-ring (bicyclic) bond motifs is 2. The van der Waals surface area contributed by atoms with Gasteiger partial charge in [0.25, 0.3) is 11.8 Å². The van der Waals surface area contributed by atoms with Crippen LogP contribution in [0.15, 0.2) is 60.7 Å². The summed E-state index contributed by atoms with van der Waals surface area (Å²) in [6.07, 6.45) is 0. The molecule has 3 aromatic carbocycles. The molecular formula is C22H17NO4. The summed E-state index contributed by atoms with van der Waals surface area (Å²) in [6.45, 7) is 3.71. The number of benzene rings is 3. The number of carbonyl (C=O) groups is 3. The van der Waals surface area contributed by atoms with Gasteiger partial charge in [-0.25, -0.2) is 4.79 Å². The first kappa shape index (κ1) is 17.0. The fraction of sp³-hybridized carbons (Fsp3) is 0.136. The van der Waals surface area contributed by atoms with Crippen molar-refractivity contribution in [2.45, 2.75) is 19.8 Å². The topological polar surface area (TPSA) is 63.7 Å². The van der Waals surface area contributed by atoms with Crippen LogP contribution in [0.3, 0.4) is 0 Å². The molecule has 0 aromatic heterocycles. The van der Waals surface area contributed by atoms with Gasteiger partial charge in [0.2, 0.25) is 0 Å². The molecular weight excluding hydrogens is 342 g/mol. The molecule has 5 heteroatoms. The van der Waals surface area contributed by atoms with Crippen molar-refractivity contribution in [2.24, 2.45) is 0 Å². The van der Waals surface area contributed by atoms with Crippen LogP contribution in [-0.4, -0.2) is 22.8 Å². The van der Waals surface area contributed by atoms with Gasteiger partial charge >= 0.3 is 5.97 Å². The molecule has 3 aromatic rings. The SMILES string of the molecule is Cc1ccc2cc(C(C)C(=O)ON3C(=O)c4ccccc4C3=O)ccc2c1. The number of amides is 2. The van der Waals surface area contributed by atoms with Crippen molar-refractivity contribution in [3.8, 4) is 0 Å². The van der Waals surface area contributed by atoms with E-state index < -0.39 is 23.7 Å². The summed E-state index contributed by atoms with van der Waals surface area (Å²) in [5.41, 5.74) is 2.40. The van der Waals surface area contributed by atoms with Crippen LogP contribution < -0.4 is 0 Å². The molecule has 1 atom stereocenters. The Morgan fingerprint density at radius 3 is 2.15 bits per heavy atom. The lowest BCUT2D eigenvalue weighted by atomic mass is 9.97. The third kappa shape index (κ3) is 2.87. The van der Waals surface area contributed by atoms with Crippen molar-refractivity contribution < 1.29 is 19.2 Å². The van der Waals surface area contributed by atoms with Gasteiger partial charge in [0, 0.05) is 0 Å². The zero-order chi connectivity index (χ0) is 19.1. The third-order valence-electron chi connectivity index (χ3n) is 4.81. The second kappa shape index (κ2) is 6.36. The first-order chi connectivity index (χ1) is 13.0. The number of imide groups is 1. The molecule has 27 heavy (non-hydrogen) atoms. The van der Waals surface area contributed by atoms with Gasteiger partial charge in [-0.15, -0.1) is 0 Å². The quantitative estimate of drug-likeness (QED) is 0.663. The Labute approximate surface area is 156 Å². The fourth-order valence-corrected chi connectivity index (χ4v) is 3.21. The van der Waals surface area contributed by atoms with Crippen LogP contribution in [0.5, 0.6) is 0 Å². The van der Waals surface area contributed by atoms with Crippen molar-refractivity contribution in [1.82, 2.24) is 5.06 Å². The van der Waals surface area contributed by atoms with Crippen LogP contribution in [0.25, 0.3) is 10.8 Å². The minimum Gasteiger partial charge on any atom is -0.329 e. The van der Waals surface area contributed by atoms with Crippen molar-refractivity contribution in [3.63, 3.8) is 0 Å². The zero-order valence-corrected chi connectivity index (χ0v) is 14.9. The Kier molecular flexibility index (Phi) is 4.00. The molecule has 0 fully saturated rings. The lowest BCUT2D eigenvalue weighted by Gasteiger charge is -2.17. The number of hydroxylamine groups is 2.